The van der Waals surface area contributed by atoms with Crippen LogP contribution in [0.15, 0.2) is 152 Å². The van der Waals surface area contributed by atoms with Gasteiger partial charge in [-0.2, -0.15) is 0 Å². The molecule has 0 bridgehead atoms. The number of aliphatic hydroxyl groups excluding tert-OH is 1. The molecule has 1 spiro atoms. The standard InChI is InChI=1S/C58H53N7O10/c1-71-35-36-74-57(70)64-47-27-18-38(11-10-28-63-48-17-9-8-16-46(48)60-61-63)37-45(47)58(56(64)69)49(54(67)59-42-21-23-43(24-22-42)62-29-32-72-33-30-62)51-55(68)75-52(40-14-6-3-7-15-40)50(39-12-4-2-5-13-39)65(51)53(58)41-19-25-44(26-20-41)73-34-31-66/h2-9,12-27,37,49-53,66H,28-36H2,1H3,(H,59,67)/t49-,50-,51-,52+,53+,58-/m0/s1. The summed E-state index contributed by atoms with van der Waals surface area (Å²) in [6.07, 6.45) is -1.93. The maximum atomic E-state index is 16.6. The van der Waals surface area contributed by atoms with Crippen molar-refractivity contribution in [3.05, 3.63) is 179 Å². The Labute approximate surface area is 432 Å². The highest BCUT2D eigenvalue weighted by Crippen LogP contribution is 2.66. The zero-order chi connectivity index (χ0) is 51.5. The number of para-hydroxylation sites is 1. The lowest BCUT2D eigenvalue weighted by atomic mass is 9.65. The number of fused-ring (bicyclic) bond motifs is 4. The van der Waals surface area contributed by atoms with Crippen LogP contribution in [0.3, 0.4) is 0 Å². The second-order valence-electron chi connectivity index (χ2n) is 18.6. The van der Waals surface area contributed by atoms with Gasteiger partial charge in [0.15, 0.2) is 0 Å². The molecular weight excluding hydrogens is 955 g/mol. The highest BCUT2D eigenvalue weighted by Gasteiger charge is 2.76. The number of aliphatic hydroxyl groups is 1. The van der Waals surface area contributed by atoms with E-state index in [1.807, 2.05) is 102 Å². The molecule has 17 heteroatoms. The summed E-state index contributed by atoms with van der Waals surface area (Å²) < 4.78 is 30.7. The Morgan fingerprint density at radius 2 is 1.52 bits per heavy atom. The summed E-state index contributed by atoms with van der Waals surface area (Å²) in [6.45, 7) is 2.42. The summed E-state index contributed by atoms with van der Waals surface area (Å²) in [5.41, 5.74) is 3.62. The number of rotatable bonds is 13. The lowest BCUT2D eigenvalue weighted by molar-refractivity contribution is -0.177. The van der Waals surface area contributed by atoms with Gasteiger partial charge in [-0.15, -0.1) is 5.10 Å². The third kappa shape index (κ3) is 9.01. The summed E-state index contributed by atoms with van der Waals surface area (Å²) in [4.78, 5) is 68.0. The molecule has 380 valence electrons. The predicted molar refractivity (Wildman–Crippen MR) is 277 cm³/mol. The summed E-state index contributed by atoms with van der Waals surface area (Å²) in [5, 5.41) is 21.4. The fourth-order valence-corrected chi connectivity index (χ4v) is 11.2. The van der Waals surface area contributed by atoms with E-state index in [4.69, 9.17) is 23.7 Å². The number of hydrogen-bond donors (Lipinski definition) is 2. The first kappa shape index (κ1) is 48.8. The van der Waals surface area contributed by atoms with E-state index in [1.54, 1.807) is 59.3 Å². The topological polar surface area (TPSA) is 187 Å². The van der Waals surface area contributed by atoms with Gasteiger partial charge in [-0.1, -0.05) is 102 Å². The zero-order valence-corrected chi connectivity index (χ0v) is 41.0. The summed E-state index contributed by atoms with van der Waals surface area (Å²) in [5.74, 6) is 3.14. The molecule has 4 aliphatic rings. The number of carbonyl (C=O) groups is 4. The number of ether oxygens (including phenoxy) is 5. The largest absolute Gasteiger partial charge is 0.491 e. The first-order valence-electron chi connectivity index (χ1n) is 24.9. The molecule has 0 saturated carbocycles. The molecule has 6 aromatic carbocycles. The average Bonchev–Trinajstić information content (AvgIpc) is 4.31. The summed E-state index contributed by atoms with van der Waals surface area (Å²) in [7, 11) is 1.47. The maximum absolute atomic E-state index is 16.6. The Kier molecular flexibility index (Phi) is 13.8. The van der Waals surface area contributed by atoms with Crippen LogP contribution >= 0.6 is 0 Å². The number of morpholine rings is 2. The SMILES string of the molecule is COCCOC(=O)N1C(=O)[C@@]2(c3cc(C#CCn4nnc5ccccc54)ccc31)[C@H](C(=O)Nc1ccc(N3CCOCC3)cc1)[C@H]1C(=O)O[C@H](c3ccccc3)[C@H](c3ccccc3)N1[C@@H]2c1ccc(OCCO)cc1. The number of nitrogens with one attached hydrogen (secondary N) is 1. The van der Waals surface area contributed by atoms with E-state index in [9.17, 15) is 9.90 Å². The van der Waals surface area contributed by atoms with Crippen LogP contribution in [0.2, 0.25) is 0 Å². The predicted octanol–water partition coefficient (Wildman–Crippen LogP) is 6.78. The van der Waals surface area contributed by atoms with Crippen LogP contribution in [0, 0.1) is 17.8 Å². The van der Waals surface area contributed by atoms with Crippen LogP contribution in [0.25, 0.3) is 11.0 Å². The van der Waals surface area contributed by atoms with Gasteiger partial charge < -0.3 is 39.0 Å². The number of cyclic esters (lactones) is 1. The van der Waals surface area contributed by atoms with Gasteiger partial charge in [-0.25, -0.2) is 14.4 Å². The molecule has 7 aromatic rings. The lowest BCUT2D eigenvalue weighted by Gasteiger charge is -2.46. The van der Waals surface area contributed by atoms with E-state index >= 15 is 14.4 Å². The molecule has 3 fully saturated rings. The Balaban J connectivity index is 1.14. The zero-order valence-electron chi connectivity index (χ0n) is 41.0. The number of benzene rings is 6. The highest BCUT2D eigenvalue weighted by molar-refractivity contribution is 6.24. The van der Waals surface area contributed by atoms with Crippen molar-refractivity contribution in [2.24, 2.45) is 5.92 Å². The summed E-state index contributed by atoms with van der Waals surface area (Å²) in [6, 6.07) is 42.5. The summed E-state index contributed by atoms with van der Waals surface area (Å²) >= 11 is 0. The smallest absolute Gasteiger partial charge is 0.421 e. The molecule has 3 saturated heterocycles. The van der Waals surface area contributed by atoms with Crippen molar-refractivity contribution >= 4 is 52.0 Å². The number of imide groups is 1. The van der Waals surface area contributed by atoms with Crippen LogP contribution in [0.1, 0.15) is 46.0 Å². The number of aromatic nitrogens is 3. The van der Waals surface area contributed by atoms with Crippen molar-refractivity contribution in [3.8, 4) is 17.6 Å². The van der Waals surface area contributed by atoms with Crippen LogP contribution in [-0.4, -0.2) is 115 Å². The van der Waals surface area contributed by atoms with Gasteiger partial charge in [-0.3, -0.25) is 19.3 Å². The minimum Gasteiger partial charge on any atom is -0.491 e. The van der Waals surface area contributed by atoms with Gasteiger partial charge >= 0.3 is 12.1 Å². The molecule has 4 aliphatic heterocycles. The van der Waals surface area contributed by atoms with E-state index in [-0.39, 0.29) is 44.2 Å². The van der Waals surface area contributed by atoms with Gasteiger partial charge in [0.05, 0.1) is 55.6 Å². The molecule has 11 rings (SSSR count). The Morgan fingerprint density at radius 3 is 2.25 bits per heavy atom. The van der Waals surface area contributed by atoms with Crippen molar-refractivity contribution in [1.29, 1.82) is 0 Å². The fraction of sp³-hybridized carbons (Fsp3) is 0.276. The van der Waals surface area contributed by atoms with Crippen molar-refractivity contribution < 1.29 is 48.0 Å². The molecule has 6 atom stereocenters. The molecule has 0 aliphatic carbocycles. The quantitative estimate of drug-likeness (QED) is 0.0700. The van der Waals surface area contributed by atoms with Crippen LogP contribution < -0.4 is 19.9 Å². The van der Waals surface area contributed by atoms with Crippen molar-refractivity contribution in [2.45, 2.75) is 36.2 Å². The minimum atomic E-state index is -2.08. The van der Waals surface area contributed by atoms with Crippen molar-refractivity contribution in [2.75, 3.05) is 75.0 Å². The van der Waals surface area contributed by atoms with Crippen LogP contribution in [0.5, 0.6) is 5.75 Å². The maximum Gasteiger partial charge on any atom is 0.421 e. The van der Waals surface area contributed by atoms with Gasteiger partial charge in [-0.05, 0) is 89.0 Å². The third-order valence-corrected chi connectivity index (χ3v) is 14.4. The number of carbonyl (C=O) groups excluding carboxylic acids is 4. The first-order chi connectivity index (χ1) is 36.8. The number of nitrogens with zero attached hydrogens (tertiary/aromatic N) is 6. The van der Waals surface area contributed by atoms with Gasteiger partial charge in [0.2, 0.25) is 11.8 Å². The molecule has 5 heterocycles. The Bertz CT molecular complexity index is 3280. The molecule has 2 N–H and O–H groups in total. The van der Waals surface area contributed by atoms with E-state index < -0.39 is 59.4 Å². The van der Waals surface area contributed by atoms with E-state index in [0.29, 0.717) is 59.9 Å². The van der Waals surface area contributed by atoms with E-state index in [0.717, 1.165) is 21.7 Å². The molecule has 0 radical (unpaired) electrons. The lowest BCUT2D eigenvalue weighted by Crippen LogP contribution is -2.54. The van der Waals surface area contributed by atoms with Gasteiger partial charge in [0.25, 0.3) is 0 Å². The molecule has 17 nitrogen and oxygen atoms in total. The molecule has 75 heavy (non-hydrogen) atoms. The number of esters is 1. The van der Waals surface area contributed by atoms with Gasteiger partial charge in [0.1, 0.15) is 48.6 Å². The fourth-order valence-electron chi connectivity index (χ4n) is 11.2. The Morgan fingerprint density at radius 1 is 0.800 bits per heavy atom. The van der Waals surface area contributed by atoms with Gasteiger partial charge in [0, 0.05) is 37.1 Å². The highest BCUT2D eigenvalue weighted by atomic mass is 16.6. The second-order valence-corrected chi connectivity index (χ2v) is 18.6. The third-order valence-electron chi connectivity index (χ3n) is 14.4. The molecule has 0 unspecified atom stereocenters. The number of methoxy groups -OCH3 is 1. The number of anilines is 3. The number of amides is 3. The average molecular weight is 1010 g/mol. The first-order valence-corrected chi connectivity index (χ1v) is 24.9. The Hall–Kier alpha value is -8.40. The van der Waals surface area contributed by atoms with Crippen LogP contribution in [0.4, 0.5) is 21.9 Å². The molecule has 3 amide bonds. The van der Waals surface area contributed by atoms with E-state index in [2.05, 4.69) is 32.4 Å². The second kappa shape index (κ2) is 21.2. The van der Waals surface area contributed by atoms with Crippen molar-refractivity contribution in [1.82, 2.24) is 19.9 Å². The minimum absolute atomic E-state index is 0.0280. The molecule has 1 aromatic heterocycles. The normalized spacial score (nSPS) is 22.0. The monoisotopic (exact) mass is 1010 g/mol. The van der Waals surface area contributed by atoms with Crippen LogP contribution in [-0.2, 0) is 45.3 Å². The number of hydrogen-bond acceptors (Lipinski definition) is 14. The van der Waals surface area contributed by atoms with E-state index in [1.165, 1.54) is 7.11 Å². The molecular formula is C58H53N7O10. The van der Waals surface area contributed by atoms with Crippen molar-refractivity contribution in [3.63, 3.8) is 0 Å².